The molecule has 0 saturated carbocycles. The summed E-state index contributed by atoms with van der Waals surface area (Å²) in [6.07, 6.45) is -1.39. The fourth-order valence-corrected chi connectivity index (χ4v) is 2.72. The lowest BCUT2D eigenvalue weighted by atomic mass is 10.1. The van der Waals surface area contributed by atoms with Gasteiger partial charge in [0.05, 0.1) is 17.0 Å². The number of nitrogens with one attached hydrogen (secondary N) is 1. The number of carboxylic acid groups (broad SMARTS) is 1. The standard InChI is InChI=1S/C17H13BrN2O4/c1-9(19-11-4-2-10(18)3-5-11)15-13-8-12(24-17(22)23)6-7-14(13)20-16(15)21/h2-8,20-21H,1H3,(H,22,23). The zero-order chi connectivity index (χ0) is 17.3. The molecule has 1 heterocycles. The summed E-state index contributed by atoms with van der Waals surface area (Å²) in [7, 11) is 0. The maximum atomic E-state index is 10.7. The van der Waals surface area contributed by atoms with Gasteiger partial charge in [-0.15, -0.1) is 0 Å². The van der Waals surface area contributed by atoms with Crippen LogP contribution in [0.1, 0.15) is 12.5 Å². The van der Waals surface area contributed by atoms with Crippen LogP contribution in [0.25, 0.3) is 10.9 Å². The molecule has 0 aliphatic carbocycles. The Morgan fingerprint density at radius 3 is 2.58 bits per heavy atom. The number of ether oxygens (including phenoxy) is 1. The smallest absolute Gasteiger partial charge is 0.494 e. The molecule has 3 N–H and O–H groups in total. The molecular weight excluding hydrogens is 376 g/mol. The van der Waals surface area contributed by atoms with E-state index < -0.39 is 6.16 Å². The molecule has 0 fully saturated rings. The summed E-state index contributed by atoms with van der Waals surface area (Å²) in [5.74, 6) is 0.141. The maximum Gasteiger partial charge on any atom is 0.511 e. The van der Waals surface area contributed by atoms with Crippen molar-refractivity contribution in [2.24, 2.45) is 4.99 Å². The van der Waals surface area contributed by atoms with Gasteiger partial charge in [-0.05, 0) is 49.4 Å². The molecule has 0 atom stereocenters. The number of halogens is 1. The topological polar surface area (TPSA) is 94.9 Å². The molecule has 0 amide bonds. The lowest BCUT2D eigenvalue weighted by Gasteiger charge is -2.03. The van der Waals surface area contributed by atoms with Crippen LogP contribution < -0.4 is 4.74 Å². The van der Waals surface area contributed by atoms with Gasteiger partial charge in [-0.2, -0.15) is 0 Å². The van der Waals surface area contributed by atoms with Crippen molar-refractivity contribution in [2.45, 2.75) is 6.92 Å². The summed E-state index contributed by atoms with van der Waals surface area (Å²) in [5.41, 5.74) is 2.49. The van der Waals surface area contributed by atoms with Crippen molar-refractivity contribution in [1.82, 2.24) is 4.98 Å². The highest BCUT2D eigenvalue weighted by Crippen LogP contribution is 2.32. The minimum Gasteiger partial charge on any atom is -0.494 e. The minimum atomic E-state index is -1.39. The lowest BCUT2D eigenvalue weighted by Crippen LogP contribution is -2.02. The van der Waals surface area contributed by atoms with Crippen molar-refractivity contribution < 1.29 is 19.7 Å². The van der Waals surface area contributed by atoms with Gasteiger partial charge in [-0.1, -0.05) is 15.9 Å². The Morgan fingerprint density at radius 1 is 1.21 bits per heavy atom. The second-order valence-corrected chi connectivity index (χ2v) is 6.01. The van der Waals surface area contributed by atoms with Gasteiger partial charge in [0.15, 0.2) is 5.88 Å². The number of aromatic nitrogens is 1. The highest BCUT2D eigenvalue weighted by molar-refractivity contribution is 9.10. The molecule has 122 valence electrons. The minimum absolute atomic E-state index is 0.0316. The zero-order valence-electron chi connectivity index (χ0n) is 12.6. The number of aliphatic imine (C=N–C) groups is 1. The monoisotopic (exact) mass is 388 g/mol. The van der Waals surface area contributed by atoms with E-state index in [-0.39, 0.29) is 11.6 Å². The van der Waals surface area contributed by atoms with E-state index in [0.29, 0.717) is 22.2 Å². The number of aromatic hydroxyl groups is 1. The van der Waals surface area contributed by atoms with Crippen LogP contribution in [-0.2, 0) is 0 Å². The van der Waals surface area contributed by atoms with Gasteiger partial charge in [-0.3, -0.25) is 4.99 Å². The van der Waals surface area contributed by atoms with E-state index in [9.17, 15) is 9.90 Å². The van der Waals surface area contributed by atoms with Crippen LogP contribution >= 0.6 is 15.9 Å². The summed E-state index contributed by atoms with van der Waals surface area (Å²) >= 11 is 3.37. The summed E-state index contributed by atoms with van der Waals surface area (Å²) in [4.78, 5) is 18.0. The van der Waals surface area contributed by atoms with E-state index in [1.807, 2.05) is 24.3 Å². The lowest BCUT2D eigenvalue weighted by molar-refractivity contribution is 0.144. The highest BCUT2D eigenvalue weighted by atomic mass is 79.9. The average Bonchev–Trinajstić information content (AvgIpc) is 2.84. The fourth-order valence-electron chi connectivity index (χ4n) is 2.45. The van der Waals surface area contributed by atoms with Crippen molar-refractivity contribution >= 4 is 44.4 Å². The number of H-pyrrole nitrogens is 1. The molecule has 0 spiro atoms. The molecule has 6 nitrogen and oxygen atoms in total. The largest absolute Gasteiger partial charge is 0.511 e. The van der Waals surface area contributed by atoms with Crippen molar-refractivity contribution in [3.8, 4) is 11.6 Å². The first-order valence-electron chi connectivity index (χ1n) is 7.01. The molecule has 0 unspecified atom stereocenters. The first kappa shape index (κ1) is 16.1. The normalized spacial score (nSPS) is 11.7. The SMILES string of the molecule is CC(=Nc1ccc(Br)cc1)c1c(O)[nH]c2ccc(OC(=O)O)cc12. The van der Waals surface area contributed by atoms with Gasteiger partial charge in [0.2, 0.25) is 0 Å². The molecular formula is C17H13BrN2O4. The second-order valence-electron chi connectivity index (χ2n) is 5.10. The Morgan fingerprint density at radius 2 is 1.92 bits per heavy atom. The predicted molar refractivity (Wildman–Crippen MR) is 94.6 cm³/mol. The van der Waals surface area contributed by atoms with Gasteiger partial charge in [0.1, 0.15) is 5.75 Å². The number of aromatic amines is 1. The average molecular weight is 389 g/mol. The van der Waals surface area contributed by atoms with E-state index >= 15 is 0 Å². The van der Waals surface area contributed by atoms with Gasteiger partial charge in [0.25, 0.3) is 0 Å². The van der Waals surface area contributed by atoms with E-state index in [1.54, 1.807) is 19.1 Å². The first-order valence-corrected chi connectivity index (χ1v) is 7.80. The summed E-state index contributed by atoms with van der Waals surface area (Å²) in [6, 6.07) is 12.1. The number of fused-ring (bicyclic) bond motifs is 1. The molecule has 0 saturated heterocycles. The second kappa shape index (κ2) is 6.37. The zero-order valence-corrected chi connectivity index (χ0v) is 14.2. The summed E-state index contributed by atoms with van der Waals surface area (Å²) in [5, 5.41) is 19.6. The fraction of sp³-hybridized carbons (Fsp3) is 0.0588. The van der Waals surface area contributed by atoms with Gasteiger partial charge in [-0.25, -0.2) is 4.79 Å². The van der Waals surface area contributed by atoms with E-state index in [0.717, 1.165) is 10.2 Å². The Labute approximate surface area is 145 Å². The van der Waals surface area contributed by atoms with Gasteiger partial charge >= 0.3 is 6.16 Å². The van der Waals surface area contributed by atoms with Crippen LogP contribution in [0.3, 0.4) is 0 Å². The van der Waals surface area contributed by atoms with Crippen LogP contribution in [0.15, 0.2) is 51.9 Å². The third-order valence-electron chi connectivity index (χ3n) is 3.44. The predicted octanol–water partition coefficient (Wildman–Crippen LogP) is 4.83. The molecule has 7 heteroatoms. The van der Waals surface area contributed by atoms with Crippen LogP contribution in [0.2, 0.25) is 0 Å². The molecule has 2 aromatic carbocycles. The number of benzene rings is 2. The number of carbonyl (C=O) groups is 1. The third-order valence-corrected chi connectivity index (χ3v) is 3.97. The molecule has 0 bridgehead atoms. The van der Waals surface area contributed by atoms with Crippen LogP contribution in [0.4, 0.5) is 10.5 Å². The Hall–Kier alpha value is -2.80. The Balaban J connectivity index is 2.08. The Bertz CT molecular complexity index is 945. The van der Waals surface area contributed by atoms with Crippen molar-refractivity contribution in [2.75, 3.05) is 0 Å². The molecule has 0 aliphatic rings. The molecule has 24 heavy (non-hydrogen) atoms. The summed E-state index contributed by atoms with van der Waals surface area (Å²) in [6.45, 7) is 1.77. The number of nitrogens with zero attached hydrogens (tertiary/aromatic N) is 1. The first-order chi connectivity index (χ1) is 11.4. The van der Waals surface area contributed by atoms with Crippen molar-refractivity contribution in [3.63, 3.8) is 0 Å². The van der Waals surface area contributed by atoms with Crippen LogP contribution in [0, 0.1) is 0 Å². The highest BCUT2D eigenvalue weighted by Gasteiger charge is 2.15. The van der Waals surface area contributed by atoms with E-state index in [2.05, 4.69) is 30.6 Å². The third kappa shape index (κ3) is 3.26. The van der Waals surface area contributed by atoms with Gasteiger partial charge in [0, 0.05) is 15.4 Å². The van der Waals surface area contributed by atoms with Gasteiger partial charge < -0.3 is 19.9 Å². The molecule has 0 aliphatic heterocycles. The molecule has 0 radical (unpaired) electrons. The number of hydrogen-bond acceptors (Lipinski definition) is 4. The van der Waals surface area contributed by atoms with E-state index in [1.165, 1.54) is 6.07 Å². The van der Waals surface area contributed by atoms with Crippen molar-refractivity contribution in [1.29, 1.82) is 0 Å². The summed E-state index contributed by atoms with van der Waals surface area (Å²) < 4.78 is 5.62. The molecule has 3 rings (SSSR count). The quantitative estimate of drug-likeness (QED) is 0.340. The molecule has 3 aromatic rings. The van der Waals surface area contributed by atoms with Crippen LogP contribution in [-0.4, -0.2) is 27.1 Å². The Kier molecular flexibility index (Phi) is 4.26. The van der Waals surface area contributed by atoms with Crippen molar-refractivity contribution in [3.05, 3.63) is 52.5 Å². The number of rotatable bonds is 3. The maximum absolute atomic E-state index is 10.7. The van der Waals surface area contributed by atoms with Crippen LogP contribution in [0.5, 0.6) is 11.6 Å². The number of hydrogen-bond donors (Lipinski definition) is 3. The molecule has 1 aromatic heterocycles. The van der Waals surface area contributed by atoms with E-state index in [4.69, 9.17) is 5.11 Å².